The first kappa shape index (κ1) is 14.7. The predicted octanol–water partition coefficient (Wildman–Crippen LogP) is 2.40. The molecule has 6 heteroatoms. The minimum atomic E-state index is -0.420. The van der Waals surface area contributed by atoms with Crippen molar-refractivity contribution in [1.82, 2.24) is 5.32 Å². The van der Waals surface area contributed by atoms with E-state index in [0.717, 1.165) is 17.5 Å². The van der Waals surface area contributed by atoms with E-state index in [4.69, 9.17) is 4.74 Å². The molecular formula is C16H15NO4S. The molecule has 1 amide bonds. The van der Waals surface area contributed by atoms with Gasteiger partial charge >= 0.3 is 5.97 Å². The fraction of sp³-hybridized carbons (Fsp3) is 0.312. The van der Waals surface area contributed by atoms with Crippen LogP contribution >= 0.6 is 11.3 Å². The Kier molecular flexibility index (Phi) is 3.94. The molecule has 1 heterocycles. The first-order valence-electron chi connectivity index (χ1n) is 7.02. The number of carbonyl (C=O) groups is 3. The van der Waals surface area contributed by atoms with Crippen LogP contribution in [0.15, 0.2) is 24.3 Å². The second-order valence-corrected chi connectivity index (χ2v) is 6.33. The van der Waals surface area contributed by atoms with E-state index in [9.17, 15) is 14.4 Å². The lowest BCUT2D eigenvalue weighted by Crippen LogP contribution is -2.30. The molecule has 1 aliphatic rings. The summed E-state index contributed by atoms with van der Waals surface area (Å²) in [5.74, 6) is -0.505. The minimum absolute atomic E-state index is 0.0634. The maximum atomic E-state index is 12.3. The highest BCUT2D eigenvalue weighted by molar-refractivity contribution is 7.20. The standard InChI is InChI=1S/C16H15NO4S/c1-21-16(20)14-7-11-10(3-2-4-13(11)22-14)15(19)17-8-12(18)9-5-6-9/h2-4,7,9H,5-6,8H2,1H3,(H,17,19). The molecule has 0 saturated heterocycles. The summed E-state index contributed by atoms with van der Waals surface area (Å²) in [6.45, 7) is 0.0634. The summed E-state index contributed by atoms with van der Waals surface area (Å²) in [5, 5.41) is 3.36. The average molecular weight is 317 g/mol. The summed E-state index contributed by atoms with van der Waals surface area (Å²) < 4.78 is 5.54. The maximum Gasteiger partial charge on any atom is 0.348 e. The summed E-state index contributed by atoms with van der Waals surface area (Å²) in [6.07, 6.45) is 1.86. The van der Waals surface area contributed by atoms with Crippen LogP contribution in [0.3, 0.4) is 0 Å². The van der Waals surface area contributed by atoms with E-state index in [1.807, 2.05) is 6.07 Å². The van der Waals surface area contributed by atoms with Gasteiger partial charge in [-0.05, 0) is 31.0 Å². The van der Waals surface area contributed by atoms with Gasteiger partial charge in [-0.2, -0.15) is 0 Å². The Morgan fingerprint density at radius 1 is 1.32 bits per heavy atom. The van der Waals surface area contributed by atoms with Gasteiger partial charge in [-0.3, -0.25) is 9.59 Å². The van der Waals surface area contributed by atoms with Crippen LogP contribution in [0.5, 0.6) is 0 Å². The molecule has 0 spiro atoms. The molecule has 0 atom stereocenters. The molecule has 0 bridgehead atoms. The number of thiophene rings is 1. The Hall–Kier alpha value is -2.21. The number of benzene rings is 1. The smallest absolute Gasteiger partial charge is 0.348 e. The summed E-state index contributed by atoms with van der Waals surface area (Å²) in [4.78, 5) is 36.0. The molecule has 114 valence electrons. The molecule has 1 N–H and O–H groups in total. The molecule has 3 rings (SSSR count). The number of rotatable bonds is 5. The number of hydrogen-bond acceptors (Lipinski definition) is 5. The number of hydrogen-bond donors (Lipinski definition) is 1. The predicted molar refractivity (Wildman–Crippen MR) is 83.2 cm³/mol. The van der Waals surface area contributed by atoms with Crippen LogP contribution in [0.1, 0.15) is 32.9 Å². The Labute approximate surface area is 131 Å². The minimum Gasteiger partial charge on any atom is -0.465 e. The van der Waals surface area contributed by atoms with Crippen LogP contribution in [0.4, 0.5) is 0 Å². The Balaban J connectivity index is 1.82. The van der Waals surface area contributed by atoms with Crippen LogP contribution in [0, 0.1) is 5.92 Å². The van der Waals surface area contributed by atoms with Crippen molar-refractivity contribution < 1.29 is 19.1 Å². The van der Waals surface area contributed by atoms with Crippen molar-refractivity contribution in [3.63, 3.8) is 0 Å². The van der Waals surface area contributed by atoms with E-state index < -0.39 is 5.97 Å². The quantitative estimate of drug-likeness (QED) is 0.860. The first-order chi connectivity index (χ1) is 10.6. The lowest BCUT2D eigenvalue weighted by molar-refractivity contribution is -0.119. The number of ketones is 1. The highest BCUT2D eigenvalue weighted by Crippen LogP contribution is 2.30. The zero-order chi connectivity index (χ0) is 15.7. The molecule has 1 fully saturated rings. The fourth-order valence-electron chi connectivity index (χ4n) is 2.27. The van der Waals surface area contributed by atoms with E-state index in [2.05, 4.69) is 5.32 Å². The van der Waals surface area contributed by atoms with Crippen molar-refractivity contribution in [2.45, 2.75) is 12.8 Å². The molecule has 1 aromatic carbocycles. The third-order valence-electron chi connectivity index (χ3n) is 3.65. The Morgan fingerprint density at radius 3 is 2.77 bits per heavy atom. The van der Waals surface area contributed by atoms with Gasteiger partial charge in [0, 0.05) is 21.6 Å². The van der Waals surface area contributed by atoms with Crippen molar-refractivity contribution in [3.8, 4) is 0 Å². The SMILES string of the molecule is COC(=O)c1cc2c(C(=O)NCC(=O)C3CC3)cccc2s1. The third-order valence-corrected chi connectivity index (χ3v) is 4.73. The summed E-state index contributed by atoms with van der Waals surface area (Å²) in [5.41, 5.74) is 0.465. The molecule has 2 aromatic rings. The summed E-state index contributed by atoms with van der Waals surface area (Å²) in [6, 6.07) is 6.95. The van der Waals surface area contributed by atoms with Gasteiger partial charge in [-0.1, -0.05) is 6.07 Å². The lowest BCUT2D eigenvalue weighted by atomic mass is 10.1. The van der Waals surface area contributed by atoms with E-state index in [0.29, 0.717) is 15.8 Å². The van der Waals surface area contributed by atoms with Gasteiger partial charge in [-0.15, -0.1) is 11.3 Å². The molecule has 22 heavy (non-hydrogen) atoms. The van der Waals surface area contributed by atoms with E-state index >= 15 is 0 Å². The monoisotopic (exact) mass is 317 g/mol. The zero-order valence-corrected chi connectivity index (χ0v) is 12.9. The molecule has 1 aliphatic carbocycles. The van der Waals surface area contributed by atoms with E-state index in [-0.39, 0.29) is 24.2 Å². The van der Waals surface area contributed by atoms with Gasteiger partial charge in [0.15, 0.2) is 5.78 Å². The summed E-state index contributed by atoms with van der Waals surface area (Å²) in [7, 11) is 1.32. The average Bonchev–Trinajstić information content (AvgIpc) is 3.29. The molecule has 0 aliphatic heterocycles. The molecule has 0 radical (unpaired) electrons. The van der Waals surface area contributed by atoms with E-state index in [1.54, 1.807) is 18.2 Å². The number of amides is 1. The molecule has 1 saturated carbocycles. The van der Waals surface area contributed by atoms with Gasteiger partial charge in [0.1, 0.15) is 4.88 Å². The molecule has 5 nitrogen and oxygen atoms in total. The van der Waals surface area contributed by atoms with Crippen molar-refractivity contribution in [1.29, 1.82) is 0 Å². The second-order valence-electron chi connectivity index (χ2n) is 5.24. The van der Waals surface area contributed by atoms with Crippen molar-refractivity contribution in [2.75, 3.05) is 13.7 Å². The first-order valence-corrected chi connectivity index (χ1v) is 7.83. The van der Waals surface area contributed by atoms with Crippen LogP contribution in [0.25, 0.3) is 10.1 Å². The van der Waals surface area contributed by atoms with Crippen LogP contribution < -0.4 is 5.32 Å². The Bertz CT molecular complexity index is 761. The number of Topliss-reactive ketones (excluding diaryl/α,β-unsaturated/α-hetero) is 1. The van der Waals surface area contributed by atoms with Crippen molar-refractivity contribution >= 4 is 39.1 Å². The largest absolute Gasteiger partial charge is 0.465 e. The number of fused-ring (bicyclic) bond motifs is 1. The molecule has 1 aromatic heterocycles. The number of nitrogens with one attached hydrogen (secondary N) is 1. The zero-order valence-electron chi connectivity index (χ0n) is 12.0. The number of ether oxygens (including phenoxy) is 1. The maximum absolute atomic E-state index is 12.3. The number of carbonyl (C=O) groups excluding carboxylic acids is 3. The Morgan fingerprint density at radius 2 is 2.09 bits per heavy atom. The number of methoxy groups -OCH3 is 1. The fourth-order valence-corrected chi connectivity index (χ4v) is 3.28. The highest BCUT2D eigenvalue weighted by Gasteiger charge is 2.29. The van der Waals surface area contributed by atoms with Gasteiger partial charge in [0.2, 0.25) is 0 Å². The van der Waals surface area contributed by atoms with Gasteiger partial charge in [0.05, 0.1) is 13.7 Å². The van der Waals surface area contributed by atoms with Crippen LogP contribution in [0.2, 0.25) is 0 Å². The van der Waals surface area contributed by atoms with Crippen LogP contribution in [-0.4, -0.2) is 31.3 Å². The molecule has 0 unspecified atom stereocenters. The van der Waals surface area contributed by atoms with E-state index in [1.165, 1.54) is 18.4 Å². The van der Waals surface area contributed by atoms with Gasteiger partial charge in [-0.25, -0.2) is 4.79 Å². The van der Waals surface area contributed by atoms with Gasteiger partial charge in [0.25, 0.3) is 5.91 Å². The van der Waals surface area contributed by atoms with Gasteiger partial charge < -0.3 is 10.1 Å². The lowest BCUT2D eigenvalue weighted by Gasteiger charge is -2.05. The summed E-state index contributed by atoms with van der Waals surface area (Å²) >= 11 is 1.28. The second kappa shape index (κ2) is 5.88. The normalized spacial score (nSPS) is 13.9. The molecular weight excluding hydrogens is 302 g/mol. The van der Waals surface area contributed by atoms with Crippen molar-refractivity contribution in [3.05, 3.63) is 34.7 Å². The topological polar surface area (TPSA) is 72.5 Å². The number of esters is 1. The highest BCUT2D eigenvalue weighted by atomic mass is 32.1. The van der Waals surface area contributed by atoms with Crippen molar-refractivity contribution in [2.24, 2.45) is 5.92 Å². The third kappa shape index (κ3) is 2.87. The van der Waals surface area contributed by atoms with Crippen LogP contribution in [-0.2, 0) is 9.53 Å².